The predicted octanol–water partition coefficient (Wildman–Crippen LogP) is 3.68. The Morgan fingerprint density at radius 1 is 1.27 bits per heavy atom. The lowest BCUT2D eigenvalue weighted by Crippen LogP contribution is -2.10. The van der Waals surface area contributed by atoms with Crippen molar-refractivity contribution in [1.29, 1.82) is 0 Å². The van der Waals surface area contributed by atoms with Crippen LogP contribution >= 0.6 is 0 Å². The lowest BCUT2D eigenvalue weighted by atomic mass is 9.99. The molecule has 0 saturated heterocycles. The van der Waals surface area contributed by atoms with Crippen molar-refractivity contribution in [2.24, 2.45) is 0 Å². The van der Waals surface area contributed by atoms with E-state index in [4.69, 9.17) is 4.98 Å². The number of hydrogen-bond donors (Lipinski definition) is 1. The monoisotopic (exact) mass is 370 g/mol. The van der Waals surface area contributed by atoms with Crippen molar-refractivity contribution >= 4 is 26.6 Å². The average Bonchev–Trinajstić information content (AvgIpc) is 3.29. The van der Waals surface area contributed by atoms with Crippen LogP contribution in [0.2, 0.25) is 0 Å². The molecular formula is C19H22N4O2S. The molecule has 1 fully saturated rings. The van der Waals surface area contributed by atoms with E-state index in [1.54, 1.807) is 0 Å². The van der Waals surface area contributed by atoms with Crippen LogP contribution in [0.5, 0.6) is 0 Å². The molecule has 1 aliphatic rings. The smallest absolute Gasteiger partial charge is 0.229 e. The van der Waals surface area contributed by atoms with E-state index in [9.17, 15) is 8.42 Å². The number of nitrogens with zero attached hydrogens (tertiary/aromatic N) is 3. The summed E-state index contributed by atoms with van der Waals surface area (Å²) in [5.41, 5.74) is 5.65. The van der Waals surface area contributed by atoms with Crippen molar-refractivity contribution in [3.63, 3.8) is 0 Å². The number of sulfonamides is 1. The van der Waals surface area contributed by atoms with Crippen molar-refractivity contribution in [2.45, 2.75) is 39.2 Å². The maximum absolute atomic E-state index is 11.6. The molecule has 0 atom stereocenters. The van der Waals surface area contributed by atoms with Gasteiger partial charge in [-0.3, -0.25) is 9.40 Å². The van der Waals surface area contributed by atoms with Gasteiger partial charge in [0.1, 0.15) is 0 Å². The Morgan fingerprint density at radius 3 is 2.65 bits per heavy atom. The van der Waals surface area contributed by atoms with Crippen molar-refractivity contribution in [3.05, 3.63) is 41.7 Å². The molecule has 6 nitrogen and oxygen atoms in total. The van der Waals surface area contributed by atoms with Gasteiger partial charge in [-0.1, -0.05) is 0 Å². The van der Waals surface area contributed by atoms with Gasteiger partial charge in [-0.15, -0.1) is 0 Å². The Bertz CT molecular complexity index is 1100. The average molecular weight is 370 g/mol. The fourth-order valence-electron chi connectivity index (χ4n) is 3.35. The molecule has 7 heteroatoms. The Labute approximate surface area is 153 Å². The predicted molar refractivity (Wildman–Crippen MR) is 104 cm³/mol. The summed E-state index contributed by atoms with van der Waals surface area (Å²) < 4.78 is 27.7. The molecule has 0 unspecified atom stereocenters. The summed E-state index contributed by atoms with van der Waals surface area (Å²) in [5.74, 6) is 0.522. The molecule has 0 bridgehead atoms. The molecular weight excluding hydrogens is 348 g/mol. The van der Waals surface area contributed by atoms with Gasteiger partial charge >= 0.3 is 0 Å². The zero-order valence-corrected chi connectivity index (χ0v) is 16.0. The van der Waals surface area contributed by atoms with Crippen molar-refractivity contribution < 1.29 is 8.42 Å². The Morgan fingerprint density at radius 2 is 2.04 bits per heavy atom. The van der Waals surface area contributed by atoms with Crippen LogP contribution in [0.25, 0.3) is 22.2 Å². The van der Waals surface area contributed by atoms with E-state index in [0.717, 1.165) is 47.1 Å². The molecule has 0 radical (unpaired) electrons. The lowest BCUT2D eigenvalue weighted by molar-refractivity contribution is 0.607. The maximum Gasteiger partial charge on any atom is 0.229 e. The molecule has 2 aromatic heterocycles. The number of aryl methyl sites for hydroxylation is 2. The highest BCUT2D eigenvalue weighted by Gasteiger charge is 2.27. The van der Waals surface area contributed by atoms with Gasteiger partial charge in [-0.05, 0) is 61.9 Å². The first-order chi connectivity index (χ1) is 12.3. The quantitative estimate of drug-likeness (QED) is 0.743. The van der Waals surface area contributed by atoms with Crippen LogP contribution < -0.4 is 4.72 Å². The Kier molecular flexibility index (Phi) is 3.99. The number of nitrogens with one attached hydrogen (secondary N) is 1. The number of aromatic nitrogens is 3. The summed E-state index contributed by atoms with van der Waals surface area (Å²) in [4.78, 5) is 4.87. The highest BCUT2D eigenvalue weighted by molar-refractivity contribution is 7.92. The van der Waals surface area contributed by atoms with E-state index in [1.165, 1.54) is 11.8 Å². The molecule has 136 valence electrons. The molecule has 1 N–H and O–H groups in total. The minimum atomic E-state index is -3.31. The zero-order valence-electron chi connectivity index (χ0n) is 15.2. The second-order valence-corrected chi connectivity index (χ2v) is 8.77. The summed E-state index contributed by atoms with van der Waals surface area (Å²) in [6.45, 7) is 4.85. The fraction of sp³-hybridized carbons (Fsp3) is 0.368. The normalized spacial score (nSPS) is 14.7. The number of fused-ring (bicyclic) bond motifs is 1. The summed E-state index contributed by atoms with van der Waals surface area (Å²) >= 11 is 0. The SMILES string of the molecule is CCn1cc(-c2cc(C3CC3)c3cc(NS(C)(=O)=O)cc(C)c3n2)cn1. The number of hydrogen-bond acceptors (Lipinski definition) is 4. The molecule has 1 saturated carbocycles. The highest BCUT2D eigenvalue weighted by Crippen LogP contribution is 2.45. The van der Waals surface area contributed by atoms with Gasteiger partial charge < -0.3 is 0 Å². The van der Waals surface area contributed by atoms with Crippen LogP contribution in [0, 0.1) is 6.92 Å². The van der Waals surface area contributed by atoms with E-state index in [1.807, 2.05) is 36.1 Å². The maximum atomic E-state index is 11.6. The molecule has 0 amide bonds. The molecule has 26 heavy (non-hydrogen) atoms. The molecule has 3 aromatic rings. The first-order valence-electron chi connectivity index (χ1n) is 8.80. The number of rotatable bonds is 5. The molecule has 1 aromatic carbocycles. The van der Waals surface area contributed by atoms with E-state index < -0.39 is 10.0 Å². The Balaban J connectivity index is 1.90. The van der Waals surface area contributed by atoms with Gasteiger partial charge in [-0.25, -0.2) is 13.4 Å². The molecule has 1 aliphatic carbocycles. The van der Waals surface area contributed by atoms with E-state index in [2.05, 4.69) is 22.8 Å². The fourth-order valence-corrected chi connectivity index (χ4v) is 3.89. The number of benzene rings is 1. The highest BCUT2D eigenvalue weighted by atomic mass is 32.2. The van der Waals surface area contributed by atoms with E-state index in [-0.39, 0.29) is 0 Å². The minimum absolute atomic E-state index is 0.522. The number of pyridine rings is 1. The largest absolute Gasteiger partial charge is 0.284 e. The third-order valence-electron chi connectivity index (χ3n) is 4.71. The summed E-state index contributed by atoms with van der Waals surface area (Å²) in [6, 6.07) is 5.89. The van der Waals surface area contributed by atoms with Gasteiger partial charge in [0.2, 0.25) is 10.0 Å². The molecule has 0 aliphatic heterocycles. The molecule has 0 spiro atoms. The standard InChI is InChI=1S/C19H22N4O2S/c1-4-23-11-14(10-20-23)18-9-16(13-5-6-13)17-8-15(22-26(3,24)25)7-12(2)19(17)21-18/h7-11,13,22H,4-6H2,1-3H3. The van der Waals surface area contributed by atoms with Crippen LogP contribution in [-0.4, -0.2) is 29.4 Å². The molecule has 2 heterocycles. The van der Waals surface area contributed by atoms with Crippen LogP contribution in [0.4, 0.5) is 5.69 Å². The first kappa shape index (κ1) is 17.0. The van der Waals surface area contributed by atoms with Crippen LogP contribution in [-0.2, 0) is 16.6 Å². The van der Waals surface area contributed by atoms with Gasteiger partial charge in [0.25, 0.3) is 0 Å². The summed E-state index contributed by atoms with van der Waals surface area (Å²) in [7, 11) is -3.31. The third-order valence-corrected chi connectivity index (χ3v) is 5.32. The van der Waals surface area contributed by atoms with Crippen LogP contribution in [0.3, 0.4) is 0 Å². The number of anilines is 1. The van der Waals surface area contributed by atoms with Crippen LogP contribution in [0.1, 0.15) is 36.8 Å². The first-order valence-corrected chi connectivity index (χ1v) is 10.7. The van der Waals surface area contributed by atoms with Crippen LogP contribution in [0.15, 0.2) is 30.6 Å². The van der Waals surface area contributed by atoms with Gasteiger partial charge in [0, 0.05) is 29.4 Å². The van der Waals surface area contributed by atoms with Gasteiger partial charge in [0.05, 0.1) is 23.7 Å². The lowest BCUT2D eigenvalue weighted by Gasteiger charge is -2.13. The molecule has 4 rings (SSSR count). The Hall–Kier alpha value is -2.41. The van der Waals surface area contributed by atoms with Gasteiger partial charge in [-0.2, -0.15) is 5.10 Å². The third kappa shape index (κ3) is 3.31. The minimum Gasteiger partial charge on any atom is -0.284 e. The van der Waals surface area contributed by atoms with Crippen molar-refractivity contribution in [2.75, 3.05) is 11.0 Å². The summed E-state index contributed by atoms with van der Waals surface area (Å²) in [6.07, 6.45) is 7.36. The van der Waals surface area contributed by atoms with Crippen molar-refractivity contribution in [3.8, 4) is 11.3 Å². The van der Waals surface area contributed by atoms with Crippen molar-refractivity contribution in [1.82, 2.24) is 14.8 Å². The van der Waals surface area contributed by atoms with E-state index in [0.29, 0.717) is 11.6 Å². The second kappa shape index (κ2) is 6.09. The zero-order chi connectivity index (χ0) is 18.5. The topological polar surface area (TPSA) is 76.9 Å². The second-order valence-electron chi connectivity index (χ2n) is 7.02. The van der Waals surface area contributed by atoms with E-state index >= 15 is 0 Å². The van der Waals surface area contributed by atoms with Gasteiger partial charge in [0.15, 0.2) is 0 Å². The summed E-state index contributed by atoms with van der Waals surface area (Å²) in [5, 5.41) is 5.39.